The van der Waals surface area contributed by atoms with Gasteiger partial charge in [0.2, 0.25) is 0 Å². The second-order valence-electron chi connectivity index (χ2n) is 1.68. The van der Waals surface area contributed by atoms with E-state index in [1.165, 1.54) is 0 Å². The number of hydrogen-bond acceptors (Lipinski definition) is 0. The average Bonchev–Trinajstić information content (AvgIpc) is 1.77. The van der Waals surface area contributed by atoms with Gasteiger partial charge in [0, 0.05) is 4.48 Å². The Labute approximate surface area is 62.3 Å². The van der Waals surface area contributed by atoms with Gasteiger partial charge < -0.3 is 0 Å². The molecule has 0 aromatic heterocycles. The van der Waals surface area contributed by atoms with Gasteiger partial charge in [0.15, 0.2) is 0 Å². The number of allylic oxidation sites excluding steroid dienone is 4. The van der Waals surface area contributed by atoms with Crippen molar-refractivity contribution < 1.29 is 0 Å². The van der Waals surface area contributed by atoms with Gasteiger partial charge in [0.1, 0.15) is 0 Å². The molecule has 8 heavy (non-hydrogen) atoms. The van der Waals surface area contributed by atoms with Gasteiger partial charge in [-0.25, -0.2) is 0 Å². The second kappa shape index (κ2) is 2.70. The summed E-state index contributed by atoms with van der Waals surface area (Å²) in [6.07, 6.45) is 6.29. The van der Waals surface area contributed by atoms with Crippen molar-refractivity contribution in [2.75, 3.05) is 0 Å². The summed E-state index contributed by atoms with van der Waals surface area (Å²) in [5.41, 5.74) is 0. The molecule has 0 aliphatic heterocycles. The summed E-state index contributed by atoms with van der Waals surface area (Å²) in [5, 5.41) is 0.844. The molecule has 0 radical (unpaired) electrons. The van der Waals surface area contributed by atoms with Gasteiger partial charge in [-0.15, -0.1) is 0 Å². The van der Waals surface area contributed by atoms with Crippen LogP contribution in [0.4, 0.5) is 0 Å². The first-order valence-electron chi connectivity index (χ1n) is 2.52. The minimum atomic E-state index is 0.844. The minimum Gasteiger partial charge on any atom is -0.0835 e. The van der Waals surface area contributed by atoms with Crippen molar-refractivity contribution in [3.63, 3.8) is 0 Å². The van der Waals surface area contributed by atoms with E-state index in [0.717, 1.165) is 22.4 Å². The van der Waals surface area contributed by atoms with Crippen LogP contribution in [0.2, 0.25) is 0 Å². The molecule has 0 unspecified atom stereocenters. The Balaban J connectivity index is 2.73. The number of hydrogen-bond donors (Lipinski definition) is 0. The van der Waals surface area contributed by atoms with Crippen LogP contribution in [-0.2, 0) is 0 Å². The molecule has 1 rings (SSSR count). The van der Waals surface area contributed by atoms with Gasteiger partial charge in [0.25, 0.3) is 0 Å². The first kappa shape index (κ1) is 6.37. The fraction of sp³-hybridized carbons (Fsp3) is 0.333. The lowest BCUT2D eigenvalue weighted by atomic mass is 10.2. The van der Waals surface area contributed by atoms with Crippen LogP contribution in [0.15, 0.2) is 21.7 Å². The van der Waals surface area contributed by atoms with Crippen molar-refractivity contribution in [2.24, 2.45) is 0 Å². The summed E-state index contributed by atoms with van der Waals surface area (Å²) in [5.74, 6) is 0. The summed E-state index contributed by atoms with van der Waals surface area (Å²) >= 11 is 9.03. The number of rotatable bonds is 0. The molecule has 0 atom stereocenters. The van der Waals surface area contributed by atoms with E-state index in [1.807, 2.05) is 6.08 Å². The van der Waals surface area contributed by atoms with E-state index in [0.29, 0.717) is 0 Å². The van der Waals surface area contributed by atoms with E-state index >= 15 is 0 Å². The smallest absolute Gasteiger partial charge is 0.0505 e. The van der Waals surface area contributed by atoms with Crippen LogP contribution in [0.5, 0.6) is 0 Å². The van der Waals surface area contributed by atoms with E-state index < -0.39 is 0 Å². The van der Waals surface area contributed by atoms with E-state index in [-0.39, 0.29) is 0 Å². The lowest BCUT2D eigenvalue weighted by molar-refractivity contribution is 1.03. The van der Waals surface area contributed by atoms with Gasteiger partial charge in [-0.1, -0.05) is 23.8 Å². The molecule has 0 amide bonds. The lowest BCUT2D eigenvalue weighted by Crippen LogP contribution is -1.80. The van der Waals surface area contributed by atoms with Crippen LogP contribution >= 0.6 is 27.5 Å². The van der Waals surface area contributed by atoms with Crippen LogP contribution in [-0.4, -0.2) is 0 Å². The van der Waals surface area contributed by atoms with Gasteiger partial charge in [-0.3, -0.25) is 0 Å². The maximum atomic E-state index is 5.71. The van der Waals surface area contributed by atoms with E-state index in [2.05, 4.69) is 22.0 Å². The molecule has 0 saturated carbocycles. The van der Waals surface area contributed by atoms with E-state index in [9.17, 15) is 0 Å². The van der Waals surface area contributed by atoms with Crippen LogP contribution in [0, 0.1) is 0 Å². The molecular weight excluding hydrogens is 187 g/mol. The molecule has 0 bridgehead atoms. The molecule has 0 saturated heterocycles. The molecule has 0 nitrogen and oxygen atoms in total. The predicted octanol–water partition coefficient (Wildman–Crippen LogP) is 3.18. The molecule has 0 heterocycles. The maximum absolute atomic E-state index is 5.71. The molecule has 1 aliphatic rings. The Bertz CT molecular complexity index is 129. The Kier molecular flexibility index (Phi) is 2.15. The maximum Gasteiger partial charge on any atom is 0.0505 e. The Morgan fingerprint density at radius 1 is 1.38 bits per heavy atom. The van der Waals surface area contributed by atoms with Crippen molar-refractivity contribution in [3.05, 3.63) is 21.7 Å². The molecule has 0 fully saturated rings. The summed E-state index contributed by atoms with van der Waals surface area (Å²) in [7, 11) is 0. The topological polar surface area (TPSA) is 0 Å². The monoisotopic (exact) mass is 192 g/mol. The summed E-state index contributed by atoms with van der Waals surface area (Å²) in [6, 6.07) is 0. The van der Waals surface area contributed by atoms with Crippen molar-refractivity contribution in [1.82, 2.24) is 0 Å². The standard InChI is InChI=1S/C6H6BrCl/c7-5-3-1-2-4-6(5)8/h3-4H,1-2H2. The Morgan fingerprint density at radius 2 is 2.00 bits per heavy atom. The minimum absolute atomic E-state index is 0.844. The summed E-state index contributed by atoms with van der Waals surface area (Å²) < 4.78 is 1.03. The van der Waals surface area contributed by atoms with Crippen LogP contribution in [0.3, 0.4) is 0 Å². The first-order chi connectivity index (χ1) is 3.80. The molecule has 0 N–H and O–H groups in total. The SMILES string of the molecule is ClC1=CCCC=C1Br. The quantitative estimate of drug-likeness (QED) is 0.554. The first-order valence-corrected chi connectivity index (χ1v) is 3.69. The zero-order valence-corrected chi connectivity index (χ0v) is 6.67. The molecule has 1 aliphatic carbocycles. The van der Waals surface area contributed by atoms with Crippen molar-refractivity contribution in [1.29, 1.82) is 0 Å². The highest BCUT2D eigenvalue weighted by Crippen LogP contribution is 2.26. The van der Waals surface area contributed by atoms with Crippen LogP contribution in [0.1, 0.15) is 12.8 Å². The molecule has 0 spiro atoms. The lowest BCUT2D eigenvalue weighted by Gasteiger charge is -2.01. The van der Waals surface area contributed by atoms with E-state index in [1.54, 1.807) is 0 Å². The van der Waals surface area contributed by atoms with Crippen molar-refractivity contribution >= 4 is 27.5 Å². The molecular formula is C6H6BrCl. The van der Waals surface area contributed by atoms with Crippen molar-refractivity contribution in [3.8, 4) is 0 Å². The Morgan fingerprint density at radius 3 is 2.38 bits per heavy atom. The van der Waals surface area contributed by atoms with Crippen molar-refractivity contribution in [2.45, 2.75) is 12.8 Å². The van der Waals surface area contributed by atoms with Gasteiger partial charge >= 0.3 is 0 Å². The van der Waals surface area contributed by atoms with Crippen LogP contribution < -0.4 is 0 Å². The fourth-order valence-corrected chi connectivity index (χ4v) is 1.19. The van der Waals surface area contributed by atoms with E-state index in [4.69, 9.17) is 11.6 Å². The van der Waals surface area contributed by atoms with Gasteiger partial charge in [0.05, 0.1) is 5.03 Å². The van der Waals surface area contributed by atoms with Crippen LogP contribution in [0.25, 0.3) is 0 Å². The van der Waals surface area contributed by atoms with Gasteiger partial charge in [-0.2, -0.15) is 0 Å². The summed E-state index contributed by atoms with van der Waals surface area (Å²) in [6.45, 7) is 0. The molecule has 44 valence electrons. The average molecular weight is 193 g/mol. The third kappa shape index (κ3) is 1.36. The largest absolute Gasteiger partial charge is 0.0835 e. The predicted molar refractivity (Wildman–Crippen MR) is 40.2 cm³/mol. The highest BCUT2D eigenvalue weighted by Gasteiger charge is 2.00. The normalized spacial score (nSPS) is 19.8. The second-order valence-corrected chi connectivity index (χ2v) is 2.94. The summed E-state index contributed by atoms with van der Waals surface area (Å²) in [4.78, 5) is 0. The highest BCUT2D eigenvalue weighted by atomic mass is 79.9. The zero-order valence-electron chi connectivity index (χ0n) is 4.32. The Hall–Kier alpha value is 0.250. The molecule has 0 aromatic carbocycles. The number of halogens is 2. The zero-order chi connectivity index (χ0) is 5.98. The third-order valence-corrected chi connectivity index (χ3v) is 2.38. The highest BCUT2D eigenvalue weighted by molar-refractivity contribution is 9.12. The fourth-order valence-electron chi connectivity index (χ4n) is 0.615. The molecule has 0 aromatic rings. The molecule has 2 heteroatoms. The third-order valence-electron chi connectivity index (χ3n) is 1.04. The van der Waals surface area contributed by atoms with Gasteiger partial charge in [-0.05, 0) is 28.8 Å².